The lowest BCUT2D eigenvalue weighted by atomic mass is 9.98. The summed E-state index contributed by atoms with van der Waals surface area (Å²) in [4.78, 5) is 36.0. The zero-order valence-corrected chi connectivity index (χ0v) is 20.1. The fourth-order valence-electron chi connectivity index (χ4n) is 3.68. The molecule has 0 aromatic carbocycles. The Hall–Kier alpha value is -2.03. The minimum Gasteiger partial charge on any atom is -0.480 e. The molecule has 0 saturated carbocycles. The molecule has 0 aromatic heterocycles. The zero-order valence-electron chi connectivity index (χ0n) is 20.1. The molecule has 0 aromatic rings. The third-order valence-corrected chi connectivity index (χ3v) is 5.73. The van der Waals surface area contributed by atoms with Gasteiger partial charge in [-0.15, -0.1) is 0 Å². The van der Waals surface area contributed by atoms with Crippen molar-refractivity contribution >= 4 is 17.9 Å². The van der Waals surface area contributed by atoms with Crippen molar-refractivity contribution in [3.63, 3.8) is 0 Å². The maximum Gasteiger partial charge on any atom is 0.338 e. The molecule has 37 heavy (non-hydrogen) atoms. The number of hydrogen-bond donors (Lipinski definition) is 7. The molecular weight excluding hydrogens is 512 g/mol. The van der Waals surface area contributed by atoms with Gasteiger partial charge in [0.1, 0.15) is 49.3 Å². The van der Waals surface area contributed by atoms with Gasteiger partial charge in [0, 0.05) is 0 Å². The molecule has 0 aliphatic carbocycles. The average molecular weight is 544 g/mol. The molecule has 0 radical (unpaired) electrons. The first kappa shape index (κ1) is 31.2. The van der Waals surface area contributed by atoms with Crippen LogP contribution in [-0.4, -0.2) is 155 Å². The molecule has 17 heteroatoms. The molecule has 0 bridgehead atoms. The summed E-state index contributed by atoms with van der Waals surface area (Å²) in [7, 11) is 1.84. The van der Waals surface area contributed by atoms with E-state index in [1.807, 2.05) is 0 Å². The Morgan fingerprint density at radius 3 is 1.76 bits per heavy atom. The van der Waals surface area contributed by atoms with Gasteiger partial charge in [0.15, 0.2) is 24.8 Å². The number of rotatable bonds is 11. The van der Waals surface area contributed by atoms with Crippen molar-refractivity contribution in [2.24, 2.45) is 0 Å². The van der Waals surface area contributed by atoms with Crippen molar-refractivity contribution in [2.45, 2.75) is 80.5 Å². The highest BCUT2D eigenvalue weighted by Gasteiger charge is 2.51. The van der Waals surface area contributed by atoms with Gasteiger partial charge in [-0.3, -0.25) is 0 Å². The van der Waals surface area contributed by atoms with E-state index in [0.717, 1.165) is 14.2 Å². The lowest BCUT2D eigenvalue weighted by molar-refractivity contribution is -0.336. The molecule has 0 amide bonds. The van der Waals surface area contributed by atoms with Crippen LogP contribution in [0, 0.1) is 0 Å². The van der Waals surface area contributed by atoms with Crippen molar-refractivity contribution in [1.29, 1.82) is 0 Å². The van der Waals surface area contributed by atoms with Crippen LogP contribution in [0.5, 0.6) is 0 Å². The Labute approximate surface area is 210 Å². The summed E-state index contributed by atoms with van der Waals surface area (Å²) < 4.78 is 35.6. The quantitative estimate of drug-likeness (QED) is 0.120. The van der Waals surface area contributed by atoms with E-state index in [1.165, 1.54) is 6.92 Å². The molecule has 2 rings (SSSR count). The average Bonchev–Trinajstić information content (AvgIpc) is 2.87. The number of carboxylic acid groups (broad SMARTS) is 1. The lowest BCUT2D eigenvalue weighted by Gasteiger charge is -2.43. The molecule has 2 aliphatic heterocycles. The van der Waals surface area contributed by atoms with E-state index >= 15 is 0 Å². The van der Waals surface area contributed by atoms with Crippen molar-refractivity contribution in [3.8, 4) is 0 Å². The maximum absolute atomic E-state index is 12.6. The van der Waals surface area contributed by atoms with E-state index < -0.39 is 105 Å². The normalized spacial score (nSPS) is 37.9. The standard InChI is InChI=1S/C20H32O17/c1-6-9(24)11(26)12(27)19(34-6)36-15(17(29)31-2)16(18(30)32-3)37-20-13(28)14(33-5-8(22)23)10(25)7(4-21)35-20/h6-7,9-16,19-21,24-28H,4-5H2,1-3H3,(H,22,23)/t6-,7+,9+,10-,11+,12-,13+,14-,15+,16+,19-,20-/m0/s1. The largest absolute Gasteiger partial charge is 0.480 e. The highest BCUT2D eigenvalue weighted by Crippen LogP contribution is 2.28. The summed E-state index contributed by atoms with van der Waals surface area (Å²) in [5.74, 6) is -3.98. The summed E-state index contributed by atoms with van der Waals surface area (Å²) in [5.41, 5.74) is 0. The van der Waals surface area contributed by atoms with Gasteiger partial charge >= 0.3 is 17.9 Å². The van der Waals surface area contributed by atoms with Crippen LogP contribution in [-0.2, 0) is 47.5 Å². The number of aliphatic carboxylic acids is 1. The summed E-state index contributed by atoms with van der Waals surface area (Å²) in [5, 5.41) is 69.4. The highest BCUT2D eigenvalue weighted by molar-refractivity contribution is 5.85. The van der Waals surface area contributed by atoms with Gasteiger partial charge in [-0.25, -0.2) is 14.4 Å². The fraction of sp³-hybridized carbons (Fsp3) is 0.850. The number of carbonyl (C=O) groups is 3. The van der Waals surface area contributed by atoms with E-state index in [-0.39, 0.29) is 0 Å². The molecule has 0 spiro atoms. The number of hydrogen-bond acceptors (Lipinski definition) is 16. The molecule has 12 atom stereocenters. The molecule has 7 N–H and O–H groups in total. The molecule has 2 fully saturated rings. The predicted octanol–water partition coefficient (Wildman–Crippen LogP) is -5.16. The summed E-state index contributed by atoms with van der Waals surface area (Å²) in [6.07, 6.45) is -21.0. The molecular formula is C20H32O17. The van der Waals surface area contributed by atoms with Crippen LogP contribution in [0.2, 0.25) is 0 Å². The third kappa shape index (κ3) is 7.30. The van der Waals surface area contributed by atoms with Crippen LogP contribution in [0.3, 0.4) is 0 Å². The van der Waals surface area contributed by atoms with Gasteiger partial charge in [0.2, 0.25) is 0 Å². The predicted molar refractivity (Wildman–Crippen MR) is 111 cm³/mol. The number of ether oxygens (including phenoxy) is 7. The zero-order chi connectivity index (χ0) is 28.0. The van der Waals surface area contributed by atoms with Crippen LogP contribution in [0.15, 0.2) is 0 Å². The second-order valence-electron chi connectivity index (χ2n) is 8.22. The highest BCUT2D eigenvalue weighted by atomic mass is 16.7. The first-order chi connectivity index (χ1) is 17.4. The van der Waals surface area contributed by atoms with Gasteiger partial charge in [-0.05, 0) is 6.92 Å². The van der Waals surface area contributed by atoms with Crippen LogP contribution in [0.25, 0.3) is 0 Å². The van der Waals surface area contributed by atoms with E-state index in [0.29, 0.717) is 0 Å². The molecule has 2 saturated heterocycles. The molecule has 214 valence electrons. The number of aliphatic hydroxyl groups is 6. The SMILES string of the molecule is COC(=O)[C@H](O[C@@H]1O[C@@H](C)[C@@H](O)[C@@H](O)[C@@H]1O)[C@@H](O[C@@H]1O[C@H](CO)[C@H](O)[C@H](OCC(=O)O)[C@H]1O)C(=O)OC. The summed E-state index contributed by atoms with van der Waals surface area (Å²) >= 11 is 0. The first-order valence-corrected chi connectivity index (χ1v) is 11.0. The van der Waals surface area contributed by atoms with Crippen LogP contribution >= 0.6 is 0 Å². The number of esters is 2. The van der Waals surface area contributed by atoms with E-state index in [1.54, 1.807) is 0 Å². The lowest BCUT2D eigenvalue weighted by Crippen LogP contribution is -2.63. The number of carbonyl (C=O) groups excluding carboxylic acids is 2. The van der Waals surface area contributed by atoms with Crippen molar-refractivity contribution in [1.82, 2.24) is 0 Å². The Morgan fingerprint density at radius 1 is 0.784 bits per heavy atom. The van der Waals surface area contributed by atoms with Crippen molar-refractivity contribution in [2.75, 3.05) is 27.4 Å². The van der Waals surface area contributed by atoms with Gasteiger partial charge < -0.3 is 68.9 Å². The topological polar surface area (TPSA) is 257 Å². The second-order valence-corrected chi connectivity index (χ2v) is 8.22. The van der Waals surface area contributed by atoms with Crippen LogP contribution < -0.4 is 0 Å². The van der Waals surface area contributed by atoms with Gasteiger partial charge in [0.25, 0.3) is 0 Å². The summed E-state index contributed by atoms with van der Waals surface area (Å²) in [6.45, 7) is -0.469. The number of aliphatic hydroxyl groups excluding tert-OH is 6. The first-order valence-electron chi connectivity index (χ1n) is 11.0. The van der Waals surface area contributed by atoms with Crippen LogP contribution in [0.4, 0.5) is 0 Å². The van der Waals surface area contributed by atoms with Crippen molar-refractivity contribution in [3.05, 3.63) is 0 Å². The van der Waals surface area contributed by atoms with Gasteiger partial charge in [-0.2, -0.15) is 0 Å². The second kappa shape index (κ2) is 13.7. The Kier molecular flexibility index (Phi) is 11.5. The van der Waals surface area contributed by atoms with E-state index in [9.17, 15) is 45.0 Å². The van der Waals surface area contributed by atoms with Crippen molar-refractivity contribution < 1.29 is 83.3 Å². The molecule has 17 nitrogen and oxygen atoms in total. The van der Waals surface area contributed by atoms with Gasteiger partial charge in [0.05, 0.1) is 26.9 Å². The van der Waals surface area contributed by atoms with E-state index in [2.05, 4.69) is 9.47 Å². The minimum absolute atomic E-state index is 0.847. The van der Waals surface area contributed by atoms with Crippen LogP contribution in [0.1, 0.15) is 6.92 Å². The minimum atomic E-state index is -2.11. The Balaban J connectivity index is 2.34. The molecule has 2 aliphatic rings. The molecule has 0 unspecified atom stereocenters. The monoisotopic (exact) mass is 544 g/mol. The Morgan fingerprint density at radius 2 is 1.30 bits per heavy atom. The van der Waals surface area contributed by atoms with E-state index in [4.69, 9.17) is 28.8 Å². The maximum atomic E-state index is 12.6. The number of methoxy groups -OCH3 is 2. The number of carboxylic acids is 1. The third-order valence-electron chi connectivity index (χ3n) is 5.73. The summed E-state index contributed by atoms with van der Waals surface area (Å²) in [6, 6.07) is 0. The van der Waals surface area contributed by atoms with Gasteiger partial charge in [-0.1, -0.05) is 0 Å². The fourth-order valence-corrected chi connectivity index (χ4v) is 3.68. The molecule has 2 heterocycles. The smallest absolute Gasteiger partial charge is 0.338 e. The Bertz CT molecular complexity index is 778.